The highest BCUT2D eigenvalue weighted by molar-refractivity contribution is 9.10. The van der Waals surface area contributed by atoms with E-state index < -0.39 is 64.7 Å². The molecule has 0 spiro atoms. The van der Waals surface area contributed by atoms with E-state index in [1.807, 2.05) is 0 Å². The molecule has 7 rings (SSSR count). The van der Waals surface area contributed by atoms with Gasteiger partial charge in [0.2, 0.25) is 11.8 Å². The van der Waals surface area contributed by atoms with Crippen molar-refractivity contribution in [2.24, 2.45) is 29.4 Å². The number of carbonyl (C=O) groups is 5. The monoisotopic (exact) mass is 752 g/mol. The Morgan fingerprint density at radius 3 is 2.40 bits per heavy atom. The Balaban J connectivity index is 1.48. The van der Waals surface area contributed by atoms with Crippen molar-refractivity contribution < 1.29 is 33.8 Å². The Labute approximate surface area is 292 Å². The van der Waals surface area contributed by atoms with Crippen LogP contribution in [-0.2, 0) is 24.6 Å². The van der Waals surface area contributed by atoms with Crippen LogP contribution in [0.4, 0.5) is 10.5 Å². The molecule has 3 fully saturated rings. The molecule has 2 aliphatic heterocycles. The molecule has 6 atom stereocenters. The van der Waals surface area contributed by atoms with Crippen LogP contribution in [0.25, 0.3) is 0 Å². The Morgan fingerprint density at radius 1 is 1.00 bits per heavy atom. The van der Waals surface area contributed by atoms with E-state index in [4.69, 9.17) is 33.7 Å². The molecule has 2 aliphatic carbocycles. The van der Waals surface area contributed by atoms with Gasteiger partial charge in [0, 0.05) is 21.0 Å². The number of nitrogens with zero attached hydrogens (tertiary/aromatic N) is 2. The van der Waals surface area contributed by atoms with E-state index in [2.05, 4.69) is 21.4 Å². The predicted molar refractivity (Wildman–Crippen MR) is 178 cm³/mol. The number of amides is 6. The molecule has 4 aliphatic rings. The third-order valence-corrected chi connectivity index (χ3v) is 11.1. The number of halogens is 3. The predicted octanol–water partition coefficient (Wildman–Crippen LogP) is 5.53. The first-order chi connectivity index (χ1) is 22.9. The largest absolute Gasteiger partial charge is 0.508 e. The third-order valence-electron chi connectivity index (χ3n) is 10.1. The fourth-order valence-electron chi connectivity index (χ4n) is 8.16. The summed E-state index contributed by atoms with van der Waals surface area (Å²) < 4.78 is 5.99. The molecule has 6 amide bonds. The molecule has 0 aromatic heterocycles. The number of hydrogen-bond donors (Lipinski definition) is 3. The van der Waals surface area contributed by atoms with Gasteiger partial charge >= 0.3 is 6.03 Å². The lowest BCUT2D eigenvalue weighted by molar-refractivity contribution is -0.139. The van der Waals surface area contributed by atoms with Crippen molar-refractivity contribution in [1.82, 2.24) is 9.91 Å². The van der Waals surface area contributed by atoms with Crippen molar-refractivity contribution in [2.75, 3.05) is 12.5 Å². The Bertz CT molecular complexity index is 1970. The normalized spacial score (nSPS) is 27.8. The molecule has 6 unspecified atom stereocenters. The minimum atomic E-state index is -1.66. The number of nitrogens with two attached hydrogens (primary N) is 1. The standard InChI is InChI=1S/C34H27BrCl2N4O7/c1-48-18-6-2-15(3-7-18)34-23(30(44)41(32(34)46)39-25-10-5-17(36)13-24(25)37)14-21-19(28(34)22-12-16(35)4-11-26(22)42)8-9-20-27(21)31(45)40(29(20)43)33(38)47/h2-8,10-13,20-21,23,27-28,39,42H,9,14H2,1H3,(H2,38,47). The highest BCUT2D eigenvalue weighted by Gasteiger charge is 2.71. The van der Waals surface area contributed by atoms with Gasteiger partial charge in [-0.1, -0.05) is 62.9 Å². The van der Waals surface area contributed by atoms with Crippen LogP contribution in [0.3, 0.4) is 0 Å². The van der Waals surface area contributed by atoms with Crippen LogP contribution in [0, 0.1) is 23.7 Å². The summed E-state index contributed by atoms with van der Waals surface area (Å²) in [6.07, 6.45) is 1.87. The zero-order valence-corrected chi connectivity index (χ0v) is 28.3. The maximum absolute atomic E-state index is 15.2. The average molecular weight is 754 g/mol. The van der Waals surface area contributed by atoms with E-state index in [9.17, 15) is 24.3 Å². The van der Waals surface area contributed by atoms with E-state index in [0.29, 0.717) is 36.8 Å². The lowest BCUT2D eigenvalue weighted by atomic mass is 9.49. The van der Waals surface area contributed by atoms with Crippen LogP contribution < -0.4 is 15.9 Å². The van der Waals surface area contributed by atoms with Crippen LogP contribution >= 0.6 is 39.1 Å². The van der Waals surface area contributed by atoms with E-state index >= 15 is 4.79 Å². The number of hydrazine groups is 1. The first-order valence-electron chi connectivity index (χ1n) is 15.0. The summed E-state index contributed by atoms with van der Waals surface area (Å²) in [4.78, 5) is 69.6. The van der Waals surface area contributed by atoms with Gasteiger partial charge in [0.15, 0.2) is 0 Å². The number of rotatable bonds is 5. The molecule has 2 saturated heterocycles. The molecule has 11 nitrogen and oxygen atoms in total. The number of aromatic hydroxyl groups is 1. The van der Waals surface area contributed by atoms with Gasteiger partial charge < -0.3 is 15.6 Å². The Kier molecular flexibility index (Phi) is 7.80. The number of carbonyl (C=O) groups excluding carboxylic acids is 5. The maximum Gasteiger partial charge on any atom is 0.328 e. The maximum atomic E-state index is 15.2. The zero-order valence-electron chi connectivity index (χ0n) is 25.2. The second kappa shape index (κ2) is 11.6. The fraction of sp³-hybridized carbons (Fsp3) is 0.265. The van der Waals surface area contributed by atoms with Crippen LogP contribution in [0.5, 0.6) is 11.5 Å². The van der Waals surface area contributed by atoms with Gasteiger partial charge in [0.05, 0.1) is 41.0 Å². The summed E-state index contributed by atoms with van der Waals surface area (Å²) >= 11 is 16.1. The van der Waals surface area contributed by atoms with Crippen LogP contribution in [0.15, 0.2) is 76.8 Å². The minimum Gasteiger partial charge on any atom is -0.508 e. The molecule has 3 aromatic carbocycles. The number of urea groups is 1. The number of primary amides is 1. The first-order valence-corrected chi connectivity index (χ1v) is 16.5. The van der Waals surface area contributed by atoms with Crippen LogP contribution in [0.2, 0.25) is 10.0 Å². The topological polar surface area (TPSA) is 159 Å². The van der Waals surface area contributed by atoms with E-state index in [1.165, 1.54) is 19.2 Å². The number of anilines is 1. The fourth-order valence-corrected chi connectivity index (χ4v) is 8.99. The second-order valence-electron chi connectivity index (χ2n) is 12.3. The van der Waals surface area contributed by atoms with Gasteiger partial charge in [-0.15, -0.1) is 0 Å². The van der Waals surface area contributed by atoms with Gasteiger partial charge in [-0.05, 0) is 72.9 Å². The molecular formula is C34H27BrCl2N4O7. The second-order valence-corrected chi connectivity index (χ2v) is 14.0. The molecule has 0 radical (unpaired) electrons. The molecule has 48 heavy (non-hydrogen) atoms. The molecule has 246 valence electrons. The van der Waals surface area contributed by atoms with Gasteiger partial charge in [-0.25, -0.2) is 4.79 Å². The zero-order chi connectivity index (χ0) is 34.2. The number of allylic oxidation sites excluding steroid dienone is 2. The number of fused-ring (bicyclic) bond motifs is 4. The van der Waals surface area contributed by atoms with Crippen molar-refractivity contribution in [2.45, 2.75) is 24.2 Å². The van der Waals surface area contributed by atoms with Crippen molar-refractivity contribution >= 4 is 74.5 Å². The lowest BCUT2D eigenvalue weighted by Crippen LogP contribution is -2.53. The minimum absolute atomic E-state index is 0.0208. The van der Waals surface area contributed by atoms with Crippen molar-refractivity contribution in [3.05, 3.63) is 98.0 Å². The molecule has 0 bridgehead atoms. The average Bonchev–Trinajstić information content (AvgIpc) is 3.44. The molecule has 4 N–H and O–H groups in total. The molecule has 1 saturated carbocycles. The van der Waals surface area contributed by atoms with E-state index in [-0.39, 0.29) is 29.3 Å². The van der Waals surface area contributed by atoms with E-state index in [0.717, 1.165) is 5.01 Å². The number of methoxy groups -OCH3 is 1. The molecule has 2 heterocycles. The summed E-state index contributed by atoms with van der Waals surface area (Å²) in [5.74, 6) is -7.03. The molecule has 14 heteroatoms. The summed E-state index contributed by atoms with van der Waals surface area (Å²) in [5.41, 5.74) is 8.36. The third kappa shape index (κ3) is 4.56. The quantitative estimate of drug-likeness (QED) is 0.227. The first kappa shape index (κ1) is 32.2. The lowest BCUT2D eigenvalue weighted by Gasteiger charge is -2.50. The summed E-state index contributed by atoms with van der Waals surface area (Å²) in [5, 5.41) is 12.9. The van der Waals surface area contributed by atoms with Crippen molar-refractivity contribution in [3.8, 4) is 11.5 Å². The van der Waals surface area contributed by atoms with Gasteiger partial charge in [-0.3, -0.25) is 24.6 Å². The van der Waals surface area contributed by atoms with Crippen LogP contribution in [0.1, 0.15) is 29.9 Å². The number of hydrogen-bond acceptors (Lipinski definition) is 8. The number of benzene rings is 3. The van der Waals surface area contributed by atoms with Gasteiger partial charge in [-0.2, -0.15) is 9.91 Å². The number of phenols is 1. The van der Waals surface area contributed by atoms with Crippen molar-refractivity contribution in [1.29, 1.82) is 0 Å². The van der Waals surface area contributed by atoms with E-state index in [1.54, 1.807) is 54.6 Å². The highest BCUT2D eigenvalue weighted by Crippen LogP contribution is 2.65. The number of phenolic OH excluding ortho intramolecular Hbond substituents is 1. The summed E-state index contributed by atoms with van der Waals surface area (Å²) in [6, 6.07) is 15.0. The Morgan fingerprint density at radius 2 is 1.73 bits per heavy atom. The number of ether oxygens (including phenoxy) is 1. The van der Waals surface area contributed by atoms with Crippen LogP contribution in [-0.4, -0.2) is 51.8 Å². The highest BCUT2D eigenvalue weighted by atomic mass is 79.9. The SMILES string of the molecule is COc1ccc(C23C(=O)N(Nc4ccc(Cl)cc4Cl)C(=O)C2CC2C(=CCC4C(=O)N(C(N)=O)C(=O)C42)C3c2cc(Br)ccc2O)cc1. The number of likely N-dealkylation sites (tertiary alicyclic amines) is 1. The number of nitrogens with one attached hydrogen (secondary N) is 1. The summed E-state index contributed by atoms with van der Waals surface area (Å²) in [6.45, 7) is 0. The summed E-state index contributed by atoms with van der Waals surface area (Å²) in [7, 11) is 1.51. The number of imide groups is 4. The molecule has 3 aromatic rings. The molecular weight excluding hydrogens is 727 g/mol. The van der Waals surface area contributed by atoms with Gasteiger partial charge in [0.25, 0.3) is 11.8 Å². The smallest absolute Gasteiger partial charge is 0.328 e. The Hall–Kier alpha value is -4.39. The van der Waals surface area contributed by atoms with Crippen molar-refractivity contribution in [3.63, 3.8) is 0 Å². The van der Waals surface area contributed by atoms with Gasteiger partial charge in [0.1, 0.15) is 11.5 Å².